The number of nitrogens with zero attached hydrogens (tertiary/aromatic N) is 2. The van der Waals surface area contributed by atoms with Crippen LogP contribution in [0, 0.1) is 0 Å². The van der Waals surface area contributed by atoms with Gasteiger partial charge in [0.2, 0.25) is 5.91 Å². The molecule has 0 radical (unpaired) electrons. The van der Waals surface area contributed by atoms with Crippen molar-refractivity contribution >= 4 is 39.5 Å². The second kappa shape index (κ2) is 7.12. The number of rotatable bonds is 3. The Morgan fingerprint density at radius 1 is 1.19 bits per heavy atom. The molecule has 2 aromatic rings. The van der Waals surface area contributed by atoms with Gasteiger partial charge in [-0.25, -0.2) is 0 Å². The number of hydrogen-bond acceptors (Lipinski definition) is 4. The lowest BCUT2D eigenvalue weighted by atomic mass is 10.0. The summed E-state index contributed by atoms with van der Waals surface area (Å²) in [6.45, 7) is 1.79. The molecule has 3 heterocycles. The topological polar surface area (TPSA) is 53.8 Å². The first-order valence-corrected chi connectivity index (χ1v) is 10.4. The summed E-state index contributed by atoms with van der Waals surface area (Å²) in [5, 5.41) is 0. The van der Waals surface area contributed by atoms with E-state index in [0.717, 1.165) is 23.1 Å². The van der Waals surface area contributed by atoms with Crippen LogP contribution >= 0.6 is 27.7 Å². The molecule has 1 aromatic heterocycles. The van der Waals surface area contributed by atoms with Gasteiger partial charge in [-0.05, 0) is 53.0 Å². The second-order valence-corrected chi connectivity index (χ2v) is 8.76. The normalized spacial score (nSPS) is 19.3. The molecule has 0 saturated carbocycles. The summed E-state index contributed by atoms with van der Waals surface area (Å²) < 4.78 is 6.25. The minimum Gasteiger partial charge on any atom is -0.467 e. The zero-order chi connectivity index (χ0) is 18.1. The van der Waals surface area contributed by atoms with Gasteiger partial charge in [0.05, 0.1) is 29.0 Å². The van der Waals surface area contributed by atoms with E-state index in [2.05, 4.69) is 15.9 Å². The van der Waals surface area contributed by atoms with E-state index in [1.807, 2.05) is 46.2 Å². The fraction of sp³-hybridized carbons (Fsp3) is 0.368. The third-order valence-electron chi connectivity index (χ3n) is 5.09. The summed E-state index contributed by atoms with van der Waals surface area (Å²) in [6, 6.07) is 11.2. The molecular weight excluding hydrogens is 416 g/mol. The first-order chi connectivity index (χ1) is 12.6. The maximum Gasteiger partial charge on any atom is 0.255 e. The Labute approximate surface area is 164 Å². The number of furan rings is 1. The van der Waals surface area contributed by atoms with Crippen LogP contribution in [0.3, 0.4) is 0 Å². The molecule has 0 unspecified atom stereocenters. The highest BCUT2D eigenvalue weighted by atomic mass is 79.9. The molecule has 1 aromatic carbocycles. The van der Waals surface area contributed by atoms with Gasteiger partial charge in [0.1, 0.15) is 5.76 Å². The van der Waals surface area contributed by atoms with Crippen molar-refractivity contribution in [3.8, 4) is 0 Å². The third-order valence-corrected chi connectivity index (χ3v) is 7.34. The minimum atomic E-state index is -0.228. The molecule has 0 N–H and O–H groups in total. The van der Waals surface area contributed by atoms with Crippen LogP contribution in [0.15, 0.2) is 51.6 Å². The summed E-state index contributed by atoms with van der Waals surface area (Å²) >= 11 is 5.16. The van der Waals surface area contributed by atoms with Crippen LogP contribution in [-0.4, -0.2) is 45.3 Å². The van der Waals surface area contributed by atoms with Gasteiger partial charge in [-0.15, -0.1) is 11.8 Å². The summed E-state index contributed by atoms with van der Waals surface area (Å²) in [5.74, 6) is 1.49. The fourth-order valence-electron chi connectivity index (χ4n) is 3.65. The number of thioether (sulfide) groups is 1. The molecule has 2 fully saturated rings. The monoisotopic (exact) mass is 434 g/mol. The van der Waals surface area contributed by atoms with Crippen LogP contribution in [0.1, 0.15) is 29.0 Å². The Balaban J connectivity index is 1.47. The van der Waals surface area contributed by atoms with E-state index in [1.54, 1.807) is 18.0 Å². The molecule has 4 rings (SSSR count). The molecule has 1 spiro atoms. The number of benzene rings is 1. The summed E-state index contributed by atoms with van der Waals surface area (Å²) in [7, 11) is 0. The van der Waals surface area contributed by atoms with Crippen LogP contribution in [-0.2, 0) is 11.3 Å². The molecule has 0 atom stereocenters. The van der Waals surface area contributed by atoms with Crippen LogP contribution in [0.2, 0.25) is 0 Å². The summed E-state index contributed by atoms with van der Waals surface area (Å²) in [6.07, 6.45) is 3.19. The van der Waals surface area contributed by atoms with Gasteiger partial charge in [-0.2, -0.15) is 0 Å². The molecule has 2 amide bonds. The van der Waals surface area contributed by atoms with Crippen molar-refractivity contribution in [2.45, 2.75) is 24.3 Å². The molecule has 26 heavy (non-hydrogen) atoms. The molecule has 5 nitrogen and oxygen atoms in total. The van der Waals surface area contributed by atoms with E-state index in [0.29, 0.717) is 31.0 Å². The van der Waals surface area contributed by atoms with Gasteiger partial charge in [0.25, 0.3) is 5.91 Å². The molecule has 7 heteroatoms. The van der Waals surface area contributed by atoms with E-state index in [4.69, 9.17) is 4.42 Å². The maximum atomic E-state index is 12.8. The number of carbonyl (C=O) groups excluding carboxylic acids is 2. The Bertz CT molecular complexity index is 816. The Morgan fingerprint density at radius 3 is 2.65 bits per heavy atom. The highest BCUT2D eigenvalue weighted by Gasteiger charge is 2.48. The molecule has 0 bridgehead atoms. The highest BCUT2D eigenvalue weighted by molar-refractivity contribution is 9.10. The Morgan fingerprint density at radius 2 is 1.96 bits per heavy atom. The van der Waals surface area contributed by atoms with Gasteiger partial charge in [-0.3, -0.25) is 9.59 Å². The lowest BCUT2D eigenvalue weighted by molar-refractivity contribution is -0.132. The van der Waals surface area contributed by atoms with E-state index in [9.17, 15) is 9.59 Å². The van der Waals surface area contributed by atoms with Crippen molar-refractivity contribution in [2.24, 2.45) is 0 Å². The largest absolute Gasteiger partial charge is 0.467 e. The van der Waals surface area contributed by atoms with Crippen molar-refractivity contribution in [3.63, 3.8) is 0 Å². The van der Waals surface area contributed by atoms with Crippen molar-refractivity contribution in [1.82, 2.24) is 9.80 Å². The van der Waals surface area contributed by atoms with Crippen molar-refractivity contribution in [2.75, 3.05) is 18.8 Å². The standard InChI is InChI=1S/C19H19BrN2O3S/c20-16-6-2-1-5-15(16)18(24)21-9-7-19(8-10-21)22(17(23)13-26-19)12-14-4-3-11-25-14/h1-6,11H,7-10,12-13H2. The highest BCUT2D eigenvalue weighted by Crippen LogP contribution is 2.45. The minimum absolute atomic E-state index is 0.0410. The Hall–Kier alpha value is -1.73. The van der Waals surface area contributed by atoms with E-state index in [-0.39, 0.29) is 16.7 Å². The molecule has 2 saturated heterocycles. The third kappa shape index (κ3) is 3.18. The molecular formula is C19H19BrN2O3S. The first-order valence-electron chi connectivity index (χ1n) is 8.60. The average Bonchev–Trinajstić information content (AvgIpc) is 3.27. The van der Waals surface area contributed by atoms with Crippen LogP contribution in [0.5, 0.6) is 0 Å². The van der Waals surface area contributed by atoms with Crippen molar-refractivity contribution < 1.29 is 14.0 Å². The summed E-state index contributed by atoms with van der Waals surface area (Å²) in [5.41, 5.74) is 0.686. The van der Waals surface area contributed by atoms with Gasteiger partial charge in [0.15, 0.2) is 0 Å². The molecule has 2 aliphatic rings. The Kier molecular flexibility index (Phi) is 4.84. The average molecular weight is 435 g/mol. The van der Waals surface area contributed by atoms with Crippen LogP contribution in [0.25, 0.3) is 0 Å². The number of hydrogen-bond donors (Lipinski definition) is 0. The van der Waals surface area contributed by atoms with Crippen molar-refractivity contribution in [1.29, 1.82) is 0 Å². The fourth-order valence-corrected chi connectivity index (χ4v) is 5.44. The maximum absolute atomic E-state index is 12.8. The predicted octanol–water partition coefficient (Wildman–Crippen LogP) is 3.75. The van der Waals surface area contributed by atoms with Crippen LogP contribution < -0.4 is 0 Å². The lowest BCUT2D eigenvalue weighted by Gasteiger charge is -2.43. The summed E-state index contributed by atoms with van der Waals surface area (Å²) in [4.78, 5) is 28.9. The molecule has 0 aliphatic carbocycles. The number of amides is 2. The number of carbonyl (C=O) groups is 2. The zero-order valence-electron chi connectivity index (χ0n) is 14.2. The smallest absolute Gasteiger partial charge is 0.255 e. The van der Waals surface area contributed by atoms with Gasteiger partial charge in [-0.1, -0.05) is 12.1 Å². The number of piperidine rings is 1. The molecule has 136 valence electrons. The number of likely N-dealkylation sites (tertiary alicyclic amines) is 1. The van der Waals surface area contributed by atoms with Crippen LogP contribution in [0.4, 0.5) is 0 Å². The first kappa shape index (κ1) is 17.7. The van der Waals surface area contributed by atoms with E-state index in [1.165, 1.54) is 0 Å². The quantitative estimate of drug-likeness (QED) is 0.737. The molecule has 2 aliphatic heterocycles. The SMILES string of the molecule is O=C(c1ccccc1Br)N1CCC2(CC1)SCC(=O)N2Cc1ccco1. The second-order valence-electron chi connectivity index (χ2n) is 6.57. The van der Waals surface area contributed by atoms with E-state index >= 15 is 0 Å². The lowest BCUT2D eigenvalue weighted by Crippen LogP contribution is -2.52. The van der Waals surface area contributed by atoms with E-state index < -0.39 is 0 Å². The van der Waals surface area contributed by atoms with Gasteiger partial charge < -0.3 is 14.2 Å². The van der Waals surface area contributed by atoms with Gasteiger partial charge in [0, 0.05) is 17.6 Å². The number of halogens is 1. The van der Waals surface area contributed by atoms with Gasteiger partial charge >= 0.3 is 0 Å². The van der Waals surface area contributed by atoms with Crippen molar-refractivity contribution in [3.05, 3.63) is 58.5 Å². The zero-order valence-corrected chi connectivity index (χ0v) is 16.6. The predicted molar refractivity (Wildman–Crippen MR) is 104 cm³/mol.